The van der Waals surface area contributed by atoms with Gasteiger partial charge < -0.3 is 0 Å². The van der Waals surface area contributed by atoms with Crippen LogP contribution in [0.3, 0.4) is 0 Å². The minimum atomic E-state index is -3.54. The molecule has 1 N–H and O–H groups in total. The maximum Gasteiger partial charge on any atom is 0.240 e. The highest BCUT2D eigenvalue weighted by Crippen LogP contribution is 2.35. The van der Waals surface area contributed by atoms with Gasteiger partial charge in [-0.1, -0.05) is 66.7 Å². The molecule has 0 saturated carbocycles. The van der Waals surface area contributed by atoms with Crippen LogP contribution >= 0.6 is 0 Å². The third kappa shape index (κ3) is 3.34. The number of sulfonamides is 1. The van der Waals surface area contributed by atoms with E-state index in [1.54, 1.807) is 12.1 Å². The fraction of sp³-hybridized carbons (Fsp3) is 0.130. The Morgan fingerprint density at radius 1 is 0.778 bits per heavy atom. The summed E-state index contributed by atoms with van der Waals surface area (Å²) in [7, 11) is -2.10. The van der Waals surface area contributed by atoms with Crippen molar-refractivity contribution in [1.82, 2.24) is 4.72 Å². The second kappa shape index (κ2) is 7.14. The molecule has 0 spiro atoms. The first kappa shape index (κ1) is 17.7. The van der Waals surface area contributed by atoms with Gasteiger partial charge in [0.25, 0.3) is 0 Å². The molecule has 1 aliphatic carbocycles. The van der Waals surface area contributed by atoms with Gasteiger partial charge in [-0.3, -0.25) is 0 Å². The molecule has 0 saturated heterocycles. The van der Waals surface area contributed by atoms with E-state index >= 15 is 0 Å². The summed E-state index contributed by atoms with van der Waals surface area (Å²) in [6, 6.07) is 23.9. The predicted octanol–water partition coefficient (Wildman–Crippen LogP) is 4.28. The first-order valence-electron chi connectivity index (χ1n) is 9.01. The van der Waals surface area contributed by atoms with Gasteiger partial charge in [-0.15, -0.1) is 0 Å². The van der Waals surface area contributed by atoms with E-state index in [0.717, 1.165) is 18.4 Å². The third-order valence-electron chi connectivity index (χ3n) is 5.06. The van der Waals surface area contributed by atoms with E-state index in [1.165, 1.54) is 29.3 Å². The van der Waals surface area contributed by atoms with Crippen LogP contribution in [0, 0.1) is 0 Å². The molecule has 4 heteroatoms. The van der Waals surface area contributed by atoms with Gasteiger partial charge in [0, 0.05) is 0 Å². The quantitative estimate of drug-likeness (QED) is 0.743. The van der Waals surface area contributed by atoms with Gasteiger partial charge in [0.2, 0.25) is 10.0 Å². The van der Waals surface area contributed by atoms with Crippen molar-refractivity contribution in [3.8, 4) is 0 Å². The summed E-state index contributed by atoms with van der Waals surface area (Å²) in [5, 5.41) is 0. The molecular formula is C23H21NO2S. The van der Waals surface area contributed by atoms with Gasteiger partial charge in [0.1, 0.15) is 0 Å². The fourth-order valence-electron chi connectivity index (χ4n) is 3.68. The first-order chi connectivity index (χ1) is 13.1. The molecule has 0 atom stereocenters. The lowest BCUT2D eigenvalue weighted by molar-refractivity contribution is 0.588. The Balaban J connectivity index is 2.00. The molecule has 0 unspecified atom stereocenters. The maximum absolute atomic E-state index is 12.5. The molecule has 0 aliphatic heterocycles. The minimum absolute atomic E-state index is 0.291. The summed E-state index contributed by atoms with van der Waals surface area (Å²) in [5.74, 6) is 0. The average molecular weight is 375 g/mol. The second-order valence-electron chi connectivity index (χ2n) is 6.62. The normalized spacial score (nSPS) is 13.4. The van der Waals surface area contributed by atoms with E-state index in [0.29, 0.717) is 10.5 Å². The summed E-state index contributed by atoms with van der Waals surface area (Å²) in [6.45, 7) is 0. The van der Waals surface area contributed by atoms with Gasteiger partial charge in [0.05, 0.1) is 4.90 Å². The van der Waals surface area contributed by atoms with Crippen molar-refractivity contribution in [3.63, 3.8) is 0 Å². The summed E-state index contributed by atoms with van der Waals surface area (Å²) in [5.41, 5.74) is 6.66. The topological polar surface area (TPSA) is 46.2 Å². The number of aryl methyl sites for hydroxylation is 2. The van der Waals surface area contributed by atoms with Crippen molar-refractivity contribution in [1.29, 1.82) is 0 Å². The monoisotopic (exact) mass is 375 g/mol. The molecule has 136 valence electrons. The first-order valence-corrected chi connectivity index (χ1v) is 10.5. The molecule has 0 fully saturated rings. The summed E-state index contributed by atoms with van der Waals surface area (Å²) < 4.78 is 27.4. The number of fused-ring (bicyclic) bond motifs is 2. The lowest BCUT2D eigenvalue weighted by Crippen LogP contribution is -2.19. The lowest BCUT2D eigenvalue weighted by atomic mass is 9.92. The lowest BCUT2D eigenvalue weighted by Gasteiger charge is -2.13. The number of nitrogens with one attached hydrogen (secondary N) is 1. The van der Waals surface area contributed by atoms with E-state index in [9.17, 15) is 8.42 Å². The Kier molecular flexibility index (Phi) is 4.68. The molecule has 1 aliphatic rings. The standard InChI is InChI=1S/C23H21NO2S/c1-24-27(25,26)23-13-7-4-10-19(23)16-22-20-11-5-2-8-17(20)14-15-18-9-3-6-12-21(18)22/h2-13,16,24H,14-15H2,1H3. The van der Waals surface area contributed by atoms with Crippen LogP contribution in [0.5, 0.6) is 0 Å². The highest BCUT2D eigenvalue weighted by molar-refractivity contribution is 7.89. The van der Waals surface area contributed by atoms with Crippen molar-refractivity contribution in [2.45, 2.75) is 17.7 Å². The largest absolute Gasteiger partial charge is 0.240 e. The summed E-state index contributed by atoms with van der Waals surface area (Å²) in [6.07, 6.45) is 3.95. The van der Waals surface area contributed by atoms with Gasteiger partial charge in [-0.25, -0.2) is 13.1 Å². The van der Waals surface area contributed by atoms with Gasteiger partial charge in [-0.2, -0.15) is 0 Å². The highest BCUT2D eigenvalue weighted by atomic mass is 32.2. The van der Waals surface area contributed by atoms with Crippen molar-refractivity contribution < 1.29 is 8.42 Å². The number of benzene rings is 3. The highest BCUT2D eigenvalue weighted by Gasteiger charge is 2.20. The van der Waals surface area contributed by atoms with E-state index in [2.05, 4.69) is 41.1 Å². The Labute approximate surface area is 160 Å². The van der Waals surface area contributed by atoms with Crippen LogP contribution in [0.1, 0.15) is 27.8 Å². The molecule has 0 heterocycles. The SMILES string of the molecule is CNS(=O)(=O)c1ccccc1C=C1c2ccccc2CCc2ccccc21. The number of hydrogen-bond donors (Lipinski definition) is 1. The van der Waals surface area contributed by atoms with E-state index < -0.39 is 10.0 Å². The minimum Gasteiger partial charge on any atom is -0.214 e. The Morgan fingerprint density at radius 2 is 1.30 bits per heavy atom. The molecule has 0 amide bonds. The number of rotatable bonds is 3. The molecule has 3 aromatic carbocycles. The van der Waals surface area contributed by atoms with Crippen LogP contribution in [0.15, 0.2) is 77.7 Å². The maximum atomic E-state index is 12.5. The predicted molar refractivity (Wildman–Crippen MR) is 110 cm³/mol. The van der Waals surface area contributed by atoms with Gasteiger partial charge in [-0.05, 0) is 65.4 Å². The zero-order chi connectivity index (χ0) is 18.9. The van der Waals surface area contributed by atoms with Crippen molar-refractivity contribution in [3.05, 3.63) is 101 Å². The summed E-state index contributed by atoms with van der Waals surface area (Å²) >= 11 is 0. The molecule has 3 aromatic rings. The fourth-order valence-corrected chi connectivity index (χ4v) is 4.60. The molecule has 0 aromatic heterocycles. The van der Waals surface area contributed by atoms with Crippen LogP contribution in [0.4, 0.5) is 0 Å². The van der Waals surface area contributed by atoms with Crippen molar-refractivity contribution >= 4 is 21.7 Å². The van der Waals surface area contributed by atoms with Crippen LogP contribution in [-0.2, 0) is 22.9 Å². The number of hydrogen-bond acceptors (Lipinski definition) is 2. The molecule has 0 radical (unpaired) electrons. The van der Waals surface area contributed by atoms with Gasteiger partial charge in [0.15, 0.2) is 0 Å². The van der Waals surface area contributed by atoms with E-state index in [1.807, 2.05) is 30.3 Å². The van der Waals surface area contributed by atoms with Crippen LogP contribution in [0.2, 0.25) is 0 Å². The van der Waals surface area contributed by atoms with Crippen LogP contribution in [0.25, 0.3) is 11.6 Å². The zero-order valence-electron chi connectivity index (χ0n) is 15.1. The summed E-state index contributed by atoms with van der Waals surface area (Å²) in [4.78, 5) is 0.291. The van der Waals surface area contributed by atoms with Crippen molar-refractivity contribution in [2.75, 3.05) is 7.05 Å². The van der Waals surface area contributed by atoms with Crippen LogP contribution < -0.4 is 4.72 Å². The molecule has 3 nitrogen and oxygen atoms in total. The van der Waals surface area contributed by atoms with E-state index in [-0.39, 0.29) is 0 Å². The zero-order valence-corrected chi connectivity index (χ0v) is 16.0. The smallest absolute Gasteiger partial charge is 0.214 e. The Bertz CT molecular complexity index is 1080. The average Bonchev–Trinajstić information content (AvgIpc) is 2.86. The molecular weight excluding hydrogens is 354 g/mol. The molecule has 27 heavy (non-hydrogen) atoms. The van der Waals surface area contributed by atoms with Gasteiger partial charge >= 0.3 is 0 Å². The third-order valence-corrected chi connectivity index (χ3v) is 6.54. The van der Waals surface area contributed by atoms with Crippen molar-refractivity contribution in [2.24, 2.45) is 0 Å². The Hall–Kier alpha value is -2.69. The van der Waals surface area contributed by atoms with E-state index in [4.69, 9.17) is 0 Å². The van der Waals surface area contributed by atoms with Crippen LogP contribution in [-0.4, -0.2) is 15.5 Å². The Morgan fingerprint density at radius 3 is 1.89 bits per heavy atom. The second-order valence-corrected chi connectivity index (χ2v) is 8.47. The molecule has 0 bridgehead atoms. The molecule has 4 rings (SSSR count).